The predicted octanol–water partition coefficient (Wildman–Crippen LogP) is 16.0. The summed E-state index contributed by atoms with van der Waals surface area (Å²) >= 11 is 0. The standard InChI is InChI=1S/C63H36N6O/c1-37-30-33-56-47(34-37)45-31-32-46-44-22-8-15-29-57(44)70-63(46)61(45)69(56)58-48(35-64)59(66-50-23-9-2-16-38(50)39-17-3-10-24-51(39)66)62(68-54-27-13-6-20-42(54)43-21-7-14-28-55(43)68)60(49(58)36-65)67-52-25-11-4-18-40(52)41-19-5-12-26-53(41)67/h2-34H,1H3. The van der Waals surface area contributed by atoms with E-state index in [1.165, 1.54) is 0 Å². The lowest BCUT2D eigenvalue weighted by Gasteiger charge is -2.27. The number of hydrogen-bond acceptors (Lipinski definition) is 3. The normalized spacial score (nSPS) is 12.0. The molecule has 0 aliphatic carbocycles. The van der Waals surface area contributed by atoms with Crippen molar-refractivity contribution in [1.82, 2.24) is 18.3 Å². The molecular weight excluding hydrogens is 857 g/mol. The van der Waals surface area contributed by atoms with Crippen LogP contribution in [0.25, 0.3) is 132 Å². The Balaban J connectivity index is 1.29. The first kappa shape index (κ1) is 38.3. The first-order chi connectivity index (χ1) is 34.6. The highest BCUT2D eigenvalue weighted by Gasteiger charge is 2.35. The summed E-state index contributed by atoms with van der Waals surface area (Å²) in [5.74, 6) is 0. The second-order valence-electron chi connectivity index (χ2n) is 18.3. The van der Waals surface area contributed by atoms with E-state index in [9.17, 15) is 10.5 Å². The van der Waals surface area contributed by atoms with E-state index in [2.05, 4.69) is 219 Å². The molecule has 5 aromatic heterocycles. The van der Waals surface area contributed by atoms with Crippen molar-refractivity contribution < 1.29 is 4.42 Å². The average Bonchev–Trinajstić information content (AvgIpc) is 4.21. The topological polar surface area (TPSA) is 80.4 Å². The highest BCUT2D eigenvalue weighted by atomic mass is 16.3. The first-order valence-electron chi connectivity index (χ1n) is 23.5. The minimum absolute atomic E-state index is 0.344. The van der Waals surface area contributed by atoms with Gasteiger partial charge in [-0.25, -0.2) is 0 Å². The molecule has 324 valence electrons. The molecule has 0 atom stereocenters. The van der Waals surface area contributed by atoms with E-state index in [4.69, 9.17) is 4.42 Å². The van der Waals surface area contributed by atoms with Crippen molar-refractivity contribution in [1.29, 1.82) is 10.5 Å². The molecule has 0 N–H and O–H groups in total. The van der Waals surface area contributed by atoms with Gasteiger partial charge in [-0.3, -0.25) is 0 Å². The number of benzene rings is 10. The van der Waals surface area contributed by atoms with Gasteiger partial charge in [0.05, 0.1) is 66.9 Å². The van der Waals surface area contributed by atoms with Crippen LogP contribution in [0, 0.1) is 29.6 Å². The summed E-state index contributed by atoms with van der Waals surface area (Å²) in [6, 6.07) is 75.3. The number of rotatable bonds is 4. The van der Waals surface area contributed by atoms with Crippen molar-refractivity contribution in [2.75, 3.05) is 0 Å². The van der Waals surface area contributed by atoms with Gasteiger partial charge in [-0.2, -0.15) is 10.5 Å². The van der Waals surface area contributed by atoms with Crippen molar-refractivity contribution in [2.24, 2.45) is 0 Å². The van der Waals surface area contributed by atoms with Gasteiger partial charge in [0.15, 0.2) is 5.58 Å². The van der Waals surface area contributed by atoms with Gasteiger partial charge in [-0.1, -0.05) is 145 Å². The SMILES string of the molecule is Cc1ccc2c(c1)c1ccc3c4ccccc4oc3c1n2-c1c(C#N)c(-n2c3ccccc3c3ccccc32)c(-n2c3ccccc3c3ccccc32)c(-n2c3ccccc3c3ccccc32)c1C#N. The number of nitrogens with zero attached hydrogens (tertiary/aromatic N) is 6. The lowest BCUT2D eigenvalue weighted by Crippen LogP contribution is -2.17. The maximum Gasteiger partial charge on any atom is 0.160 e. The molecule has 15 rings (SSSR count). The molecule has 0 unspecified atom stereocenters. The van der Waals surface area contributed by atoms with Crippen LogP contribution in [-0.4, -0.2) is 18.3 Å². The van der Waals surface area contributed by atoms with Crippen molar-refractivity contribution >= 4 is 109 Å². The smallest absolute Gasteiger partial charge is 0.160 e. The molecule has 0 bridgehead atoms. The van der Waals surface area contributed by atoms with Crippen LogP contribution in [0.5, 0.6) is 0 Å². The molecule has 7 heteroatoms. The van der Waals surface area contributed by atoms with Gasteiger partial charge in [0.1, 0.15) is 28.8 Å². The molecule has 7 nitrogen and oxygen atoms in total. The molecular formula is C63H36N6O. The number of furan rings is 1. The Morgan fingerprint density at radius 3 is 1.14 bits per heavy atom. The Hall–Kier alpha value is -9.82. The molecule has 0 saturated heterocycles. The van der Waals surface area contributed by atoms with Crippen LogP contribution < -0.4 is 0 Å². The van der Waals surface area contributed by atoms with Crippen LogP contribution in [0.4, 0.5) is 0 Å². The van der Waals surface area contributed by atoms with Crippen LogP contribution in [0.15, 0.2) is 205 Å². The highest BCUT2D eigenvalue weighted by Crippen LogP contribution is 2.50. The maximum atomic E-state index is 12.5. The second kappa shape index (κ2) is 14.1. The fourth-order valence-corrected chi connectivity index (χ4v) is 11.9. The third-order valence-corrected chi connectivity index (χ3v) is 14.7. The third-order valence-electron chi connectivity index (χ3n) is 14.7. The van der Waals surface area contributed by atoms with Crippen LogP contribution in [-0.2, 0) is 0 Å². The van der Waals surface area contributed by atoms with Crippen LogP contribution >= 0.6 is 0 Å². The minimum atomic E-state index is 0.344. The van der Waals surface area contributed by atoms with Gasteiger partial charge in [0.25, 0.3) is 0 Å². The zero-order chi connectivity index (χ0) is 46.4. The average molecular weight is 893 g/mol. The van der Waals surface area contributed by atoms with Crippen molar-refractivity contribution in [3.63, 3.8) is 0 Å². The van der Waals surface area contributed by atoms with E-state index in [-0.39, 0.29) is 0 Å². The van der Waals surface area contributed by atoms with Crippen LogP contribution in [0.1, 0.15) is 16.7 Å². The second-order valence-corrected chi connectivity index (χ2v) is 18.3. The number of nitriles is 2. The van der Waals surface area contributed by atoms with E-state index < -0.39 is 0 Å². The van der Waals surface area contributed by atoms with Crippen LogP contribution in [0.3, 0.4) is 0 Å². The molecule has 70 heavy (non-hydrogen) atoms. The Kier molecular flexibility index (Phi) is 7.72. The molecule has 0 amide bonds. The molecule has 0 aliphatic heterocycles. The summed E-state index contributed by atoms with van der Waals surface area (Å²) in [5.41, 5.74) is 13.0. The van der Waals surface area contributed by atoms with Gasteiger partial charge in [-0.15, -0.1) is 0 Å². The highest BCUT2D eigenvalue weighted by molar-refractivity contribution is 6.22. The lowest BCUT2D eigenvalue weighted by molar-refractivity contribution is 0.671. The first-order valence-corrected chi connectivity index (χ1v) is 23.5. The van der Waals surface area contributed by atoms with E-state index in [1.807, 2.05) is 18.2 Å². The van der Waals surface area contributed by atoms with E-state index in [1.54, 1.807) is 0 Å². The molecule has 0 aliphatic rings. The number of hydrogen-bond donors (Lipinski definition) is 0. The molecule has 10 aromatic carbocycles. The minimum Gasteiger partial charge on any atom is -0.454 e. The fourth-order valence-electron chi connectivity index (χ4n) is 11.9. The summed E-state index contributed by atoms with van der Waals surface area (Å²) in [4.78, 5) is 0. The molecule has 0 fully saturated rings. The Bertz CT molecular complexity index is 4570. The van der Waals surface area contributed by atoms with Crippen molar-refractivity contribution in [3.05, 3.63) is 217 Å². The van der Waals surface area contributed by atoms with E-state index >= 15 is 0 Å². The molecule has 5 heterocycles. The zero-order valence-corrected chi connectivity index (χ0v) is 37.6. The summed E-state index contributed by atoms with van der Waals surface area (Å²) in [6.07, 6.45) is 0. The Labute approximate surface area is 399 Å². The maximum absolute atomic E-state index is 12.5. The van der Waals surface area contributed by atoms with Crippen molar-refractivity contribution in [3.8, 4) is 34.9 Å². The van der Waals surface area contributed by atoms with Gasteiger partial charge < -0.3 is 22.7 Å². The quantitative estimate of drug-likeness (QED) is 0.176. The molecule has 0 spiro atoms. The van der Waals surface area contributed by atoms with Gasteiger partial charge in [0, 0.05) is 53.9 Å². The third kappa shape index (κ3) is 4.89. The van der Waals surface area contributed by atoms with Crippen LogP contribution in [0.2, 0.25) is 0 Å². The van der Waals surface area contributed by atoms with E-state index in [0.29, 0.717) is 39.5 Å². The predicted molar refractivity (Wildman–Crippen MR) is 285 cm³/mol. The van der Waals surface area contributed by atoms with Gasteiger partial charge in [0.2, 0.25) is 0 Å². The van der Waals surface area contributed by atoms with Gasteiger partial charge >= 0.3 is 0 Å². The monoisotopic (exact) mass is 892 g/mol. The summed E-state index contributed by atoms with van der Waals surface area (Å²) in [5, 5.41) is 35.2. The Morgan fingerprint density at radius 2 is 0.700 bits per heavy atom. The lowest BCUT2D eigenvalue weighted by atomic mass is 9.98. The molecule has 0 radical (unpaired) electrons. The summed E-state index contributed by atoms with van der Waals surface area (Å²) in [7, 11) is 0. The fraction of sp³-hybridized carbons (Fsp3) is 0.0159. The summed E-state index contributed by atoms with van der Waals surface area (Å²) in [6.45, 7) is 2.10. The number of aryl methyl sites for hydroxylation is 1. The summed E-state index contributed by atoms with van der Waals surface area (Å²) < 4.78 is 16.0. The number of para-hydroxylation sites is 7. The van der Waals surface area contributed by atoms with Gasteiger partial charge in [-0.05, 0) is 67.6 Å². The largest absolute Gasteiger partial charge is 0.454 e. The van der Waals surface area contributed by atoms with E-state index in [0.717, 1.165) is 109 Å². The molecule has 15 aromatic rings. The zero-order valence-electron chi connectivity index (χ0n) is 37.6. The number of aromatic nitrogens is 4. The number of fused-ring (bicyclic) bond motifs is 16. The molecule has 0 saturated carbocycles. The Morgan fingerprint density at radius 1 is 0.329 bits per heavy atom. The van der Waals surface area contributed by atoms with Crippen molar-refractivity contribution in [2.45, 2.75) is 6.92 Å².